The second-order valence-electron chi connectivity index (χ2n) is 4.96. The number of rotatable bonds is 8. The molecule has 17 heavy (non-hydrogen) atoms. The third kappa shape index (κ3) is 6.51. The van der Waals surface area contributed by atoms with Gasteiger partial charge in [0.15, 0.2) is 5.96 Å². The lowest BCUT2D eigenvalue weighted by atomic mass is 10.2. The maximum absolute atomic E-state index is 5.83. The minimum Gasteiger partial charge on any atom is -0.370 e. The van der Waals surface area contributed by atoms with E-state index in [1.807, 2.05) is 0 Å². The van der Waals surface area contributed by atoms with Gasteiger partial charge in [0.25, 0.3) is 0 Å². The minimum atomic E-state index is 0.424. The average molecular weight is 240 g/mol. The maximum atomic E-state index is 5.83. The molecule has 0 radical (unpaired) electrons. The molecule has 1 atom stereocenters. The van der Waals surface area contributed by atoms with Crippen molar-refractivity contribution in [2.45, 2.75) is 58.5 Å². The number of hydrogen-bond acceptors (Lipinski definition) is 2. The average Bonchev–Trinajstić information content (AvgIpc) is 3.08. The van der Waals surface area contributed by atoms with Crippen LogP contribution in [0.2, 0.25) is 0 Å². The molecule has 0 aromatic heterocycles. The quantitative estimate of drug-likeness (QED) is 0.500. The lowest BCUT2D eigenvalue weighted by molar-refractivity contribution is 0.292. The van der Waals surface area contributed by atoms with Gasteiger partial charge in [0.2, 0.25) is 0 Å². The lowest BCUT2D eigenvalue weighted by Crippen LogP contribution is -2.39. The smallest absolute Gasteiger partial charge is 0.189 e. The number of hydrogen-bond donors (Lipinski definition) is 2. The second-order valence-corrected chi connectivity index (χ2v) is 4.96. The van der Waals surface area contributed by atoms with Gasteiger partial charge in [-0.1, -0.05) is 13.8 Å². The summed E-state index contributed by atoms with van der Waals surface area (Å²) < 4.78 is 0. The molecule has 0 aliphatic heterocycles. The highest BCUT2D eigenvalue weighted by atomic mass is 15.1. The summed E-state index contributed by atoms with van der Waals surface area (Å²) in [6.07, 6.45) is 4.78. The molecule has 1 rings (SSSR count). The maximum Gasteiger partial charge on any atom is 0.189 e. The number of nitrogens with zero attached hydrogens (tertiary/aromatic N) is 2. The Hall–Kier alpha value is -0.770. The van der Waals surface area contributed by atoms with Gasteiger partial charge in [0.05, 0.1) is 6.04 Å². The first-order chi connectivity index (χ1) is 8.15. The van der Waals surface area contributed by atoms with Crippen molar-refractivity contribution in [1.82, 2.24) is 10.2 Å². The SMILES string of the molecule is CCN(CC)CCCC(C)NC(N)=NC1CC1. The van der Waals surface area contributed by atoms with Gasteiger partial charge < -0.3 is 16.0 Å². The first kappa shape index (κ1) is 14.3. The Balaban J connectivity index is 2.09. The van der Waals surface area contributed by atoms with E-state index in [4.69, 9.17) is 5.73 Å². The fourth-order valence-corrected chi connectivity index (χ4v) is 1.92. The van der Waals surface area contributed by atoms with E-state index in [9.17, 15) is 0 Å². The summed E-state index contributed by atoms with van der Waals surface area (Å²) in [6.45, 7) is 10.1. The van der Waals surface area contributed by atoms with Crippen LogP contribution in [0.5, 0.6) is 0 Å². The van der Waals surface area contributed by atoms with E-state index in [2.05, 4.69) is 36.0 Å². The standard InChI is InChI=1S/C13H28N4/c1-4-17(5-2)10-6-7-11(3)15-13(14)16-12-8-9-12/h11-12H,4-10H2,1-3H3,(H3,14,15,16). The molecule has 0 heterocycles. The van der Waals surface area contributed by atoms with Crippen LogP contribution in [0, 0.1) is 0 Å². The molecule has 0 aromatic carbocycles. The third-order valence-corrected chi connectivity index (χ3v) is 3.27. The van der Waals surface area contributed by atoms with Crippen LogP contribution in [-0.4, -0.2) is 42.6 Å². The van der Waals surface area contributed by atoms with Crippen molar-refractivity contribution in [3.8, 4) is 0 Å². The molecule has 1 unspecified atom stereocenters. The van der Waals surface area contributed by atoms with Crippen LogP contribution in [0.1, 0.15) is 46.5 Å². The van der Waals surface area contributed by atoms with E-state index in [1.165, 1.54) is 25.8 Å². The number of guanidine groups is 1. The predicted octanol–water partition coefficient (Wildman–Crippen LogP) is 1.56. The highest BCUT2D eigenvalue weighted by Gasteiger charge is 2.20. The Morgan fingerprint density at radius 2 is 2.06 bits per heavy atom. The van der Waals surface area contributed by atoms with Crippen LogP contribution in [0.3, 0.4) is 0 Å². The summed E-state index contributed by atoms with van der Waals surface area (Å²) in [5, 5.41) is 3.27. The molecule has 0 bridgehead atoms. The van der Waals surface area contributed by atoms with Gasteiger partial charge in [0, 0.05) is 6.04 Å². The van der Waals surface area contributed by atoms with Crippen molar-refractivity contribution in [3.63, 3.8) is 0 Å². The molecule has 0 spiro atoms. The van der Waals surface area contributed by atoms with E-state index in [0.29, 0.717) is 18.0 Å². The van der Waals surface area contributed by atoms with Crippen molar-refractivity contribution in [1.29, 1.82) is 0 Å². The van der Waals surface area contributed by atoms with Gasteiger partial charge in [-0.2, -0.15) is 0 Å². The molecule has 0 amide bonds. The first-order valence-electron chi connectivity index (χ1n) is 6.97. The summed E-state index contributed by atoms with van der Waals surface area (Å²) in [4.78, 5) is 6.83. The van der Waals surface area contributed by atoms with Gasteiger partial charge in [-0.25, -0.2) is 0 Å². The van der Waals surface area contributed by atoms with Gasteiger partial charge >= 0.3 is 0 Å². The van der Waals surface area contributed by atoms with Crippen LogP contribution in [0.4, 0.5) is 0 Å². The van der Waals surface area contributed by atoms with Gasteiger partial charge in [-0.15, -0.1) is 0 Å². The molecular formula is C13H28N4. The van der Waals surface area contributed by atoms with Crippen molar-refractivity contribution >= 4 is 5.96 Å². The molecule has 0 aromatic rings. The van der Waals surface area contributed by atoms with E-state index in [0.717, 1.165) is 19.5 Å². The zero-order valence-corrected chi connectivity index (χ0v) is 11.6. The lowest BCUT2D eigenvalue weighted by Gasteiger charge is -2.20. The van der Waals surface area contributed by atoms with E-state index in [1.54, 1.807) is 0 Å². The van der Waals surface area contributed by atoms with Crippen LogP contribution >= 0.6 is 0 Å². The van der Waals surface area contributed by atoms with Crippen LogP contribution in [-0.2, 0) is 0 Å². The normalized spacial score (nSPS) is 18.5. The molecule has 4 heteroatoms. The van der Waals surface area contributed by atoms with E-state index in [-0.39, 0.29) is 0 Å². The molecule has 1 aliphatic carbocycles. The van der Waals surface area contributed by atoms with Gasteiger partial charge in [-0.05, 0) is 52.2 Å². The molecule has 4 nitrogen and oxygen atoms in total. The Kier molecular flexibility index (Phi) is 6.34. The summed E-state index contributed by atoms with van der Waals surface area (Å²) in [6, 6.07) is 0.929. The monoisotopic (exact) mass is 240 g/mol. The fraction of sp³-hybridized carbons (Fsp3) is 0.923. The zero-order chi connectivity index (χ0) is 12.7. The number of nitrogens with two attached hydrogens (primary N) is 1. The van der Waals surface area contributed by atoms with Crippen LogP contribution < -0.4 is 11.1 Å². The predicted molar refractivity (Wildman–Crippen MR) is 74.3 cm³/mol. The number of nitrogens with one attached hydrogen (secondary N) is 1. The van der Waals surface area contributed by atoms with Crippen LogP contribution in [0.25, 0.3) is 0 Å². The highest BCUT2D eigenvalue weighted by Crippen LogP contribution is 2.22. The summed E-state index contributed by atoms with van der Waals surface area (Å²) in [5.41, 5.74) is 5.83. The summed E-state index contributed by atoms with van der Waals surface area (Å²) in [7, 11) is 0. The number of aliphatic imine (C=N–C) groups is 1. The van der Waals surface area contributed by atoms with Gasteiger partial charge in [0.1, 0.15) is 0 Å². The topological polar surface area (TPSA) is 53.6 Å². The molecule has 100 valence electrons. The molecule has 1 fully saturated rings. The third-order valence-electron chi connectivity index (χ3n) is 3.27. The largest absolute Gasteiger partial charge is 0.370 e. The minimum absolute atomic E-state index is 0.424. The molecule has 0 saturated heterocycles. The fourth-order valence-electron chi connectivity index (χ4n) is 1.92. The zero-order valence-electron chi connectivity index (χ0n) is 11.6. The first-order valence-corrected chi connectivity index (χ1v) is 6.97. The van der Waals surface area contributed by atoms with E-state index >= 15 is 0 Å². The second kappa shape index (κ2) is 7.54. The molecule has 1 saturated carbocycles. The Labute approximate surface area is 106 Å². The van der Waals surface area contributed by atoms with Crippen molar-refractivity contribution in [3.05, 3.63) is 0 Å². The Bertz CT molecular complexity index is 232. The summed E-state index contributed by atoms with van der Waals surface area (Å²) >= 11 is 0. The molecule has 1 aliphatic rings. The van der Waals surface area contributed by atoms with Crippen LogP contribution in [0.15, 0.2) is 4.99 Å². The Morgan fingerprint density at radius 3 is 2.59 bits per heavy atom. The van der Waals surface area contributed by atoms with Crippen molar-refractivity contribution in [2.75, 3.05) is 19.6 Å². The van der Waals surface area contributed by atoms with Crippen molar-refractivity contribution in [2.24, 2.45) is 10.7 Å². The summed E-state index contributed by atoms with van der Waals surface area (Å²) in [5.74, 6) is 0.628. The van der Waals surface area contributed by atoms with Crippen molar-refractivity contribution < 1.29 is 0 Å². The van der Waals surface area contributed by atoms with Gasteiger partial charge in [-0.3, -0.25) is 4.99 Å². The Morgan fingerprint density at radius 1 is 1.41 bits per heavy atom. The molecular weight excluding hydrogens is 212 g/mol. The highest BCUT2D eigenvalue weighted by molar-refractivity contribution is 5.78. The molecule has 3 N–H and O–H groups in total. The van der Waals surface area contributed by atoms with E-state index < -0.39 is 0 Å².